The number of hydrogen-bond acceptors (Lipinski definition) is 4. The molecule has 150 valence electrons. The second-order valence-electron chi connectivity index (χ2n) is 7.62. The molecule has 30 heavy (non-hydrogen) atoms. The molecule has 1 fully saturated rings. The molecule has 0 unspecified atom stereocenters. The molecule has 4 aromatic rings. The number of aromatic nitrogens is 1. The summed E-state index contributed by atoms with van der Waals surface area (Å²) in [5.74, 6) is 0.839. The molecular weight excluding hydrogens is 392 g/mol. The molecule has 0 radical (unpaired) electrons. The number of thiophene rings is 1. The van der Waals surface area contributed by atoms with E-state index in [1.807, 2.05) is 65.6 Å². The topological polar surface area (TPSA) is 42.4 Å². The molecule has 4 nitrogen and oxygen atoms in total. The standard InChI is InChI=1S/C25H22N2O2S/c28-25(24-12-7-20-3-1-2-4-23(20)26-24)27(21-8-9-21)15-18-5-10-22(11-6-18)29-16-19-13-14-30-17-19/h1-7,10-14,17,21H,8-9,15-16H2. The van der Waals surface area contributed by atoms with E-state index >= 15 is 0 Å². The van der Waals surface area contributed by atoms with E-state index in [1.165, 1.54) is 5.56 Å². The van der Waals surface area contributed by atoms with E-state index in [0.29, 0.717) is 24.9 Å². The van der Waals surface area contributed by atoms with Gasteiger partial charge in [-0.3, -0.25) is 4.79 Å². The van der Waals surface area contributed by atoms with Gasteiger partial charge in [-0.05, 0) is 65.1 Å². The van der Waals surface area contributed by atoms with Crippen molar-refractivity contribution < 1.29 is 9.53 Å². The maximum Gasteiger partial charge on any atom is 0.273 e. The van der Waals surface area contributed by atoms with Crippen LogP contribution in [-0.2, 0) is 13.2 Å². The number of nitrogens with zero attached hydrogens (tertiary/aromatic N) is 2. The maximum atomic E-state index is 13.2. The predicted molar refractivity (Wildman–Crippen MR) is 120 cm³/mol. The quantitative estimate of drug-likeness (QED) is 0.391. The number of para-hydroxylation sites is 1. The Morgan fingerprint density at radius 1 is 1.00 bits per heavy atom. The molecule has 0 aliphatic heterocycles. The monoisotopic (exact) mass is 414 g/mol. The number of carbonyl (C=O) groups excluding carboxylic acids is 1. The van der Waals surface area contributed by atoms with E-state index in [1.54, 1.807) is 11.3 Å². The highest BCUT2D eigenvalue weighted by Gasteiger charge is 2.33. The first-order valence-electron chi connectivity index (χ1n) is 10.2. The lowest BCUT2D eigenvalue weighted by Gasteiger charge is -2.22. The van der Waals surface area contributed by atoms with Gasteiger partial charge in [0.15, 0.2) is 0 Å². The smallest absolute Gasteiger partial charge is 0.273 e. The molecule has 5 heteroatoms. The van der Waals surface area contributed by atoms with Crippen LogP contribution in [0.4, 0.5) is 0 Å². The van der Waals surface area contributed by atoms with Crippen molar-refractivity contribution in [2.24, 2.45) is 0 Å². The molecule has 5 rings (SSSR count). The van der Waals surface area contributed by atoms with Crippen LogP contribution in [0.15, 0.2) is 77.5 Å². The van der Waals surface area contributed by atoms with Crippen LogP contribution in [0, 0.1) is 0 Å². The highest BCUT2D eigenvalue weighted by Crippen LogP contribution is 2.30. The van der Waals surface area contributed by atoms with Crippen LogP contribution < -0.4 is 4.74 Å². The molecule has 1 amide bonds. The van der Waals surface area contributed by atoms with Gasteiger partial charge in [0.05, 0.1) is 5.52 Å². The first-order valence-corrected chi connectivity index (χ1v) is 11.1. The Hall–Kier alpha value is -3.18. The lowest BCUT2D eigenvalue weighted by molar-refractivity contribution is 0.0724. The maximum absolute atomic E-state index is 13.2. The summed E-state index contributed by atoms with van der Waals surface area (Å²) < 4.78 is 5.84. The first-order chi connectivity index (χ1) is 14.8. The molecule has 2 heterocycles. The van der Waals surface area contributed by atoms with Crippen LogP contribution in [0.25, 0.3) is 10.9 Å². The molecule has 0 atom stereocenters. The number of hydrogen-bond donors (Lipinski definition) is 0. The molecular formula is C25H22N2O2S. The summed E-state index contributed by atoms with van der Waals surface area (Å²) in [5, 5.41) is 5.19. The number of amides is 1. The Kier molecular flexibility index (Phi) is 5.20. The van der Waals surface area contributed by atoms with Crippen molar-refractivity contribution in [1.82, 2.24) is 9.88 Å². The minimum atomic E-state index is 0.000961. The van der Waals surface area contributed by atoms with Gasteiger partial charge >= 0.3 is 0 Å². The van der Waals surface area contributed by atoms with Gasteiger partial charge in [-0.25, -0.2) is 4.98 Å². The summed E-state index contributed by atoms with van der Waals surface area (Å²) in [6.07, 6.45) is 2.11. The number of fused-ring (bicyclic) bond motifs is 1. The van der Waals surface area contributed by atoms with Gasteiger partial charge in [-0.1, -0.05) is 36.4 Å². The van der Waals surface area contributed by atoms with Crippen molar-refractivity contribution in [2.75, 3.05) is 0 Å². The predicted octanol–water partition coefficient (Wildman–Crippen LogP) is 5.68. The lowest BCUT2D eigenvalue weighted by atomic mass is 10.1. The molecule has 0 bridgehead atoms. The average molecular weight is 415 g/mol. The van der Waals surface area contributed by atoms with Crippen molar-refractivity contribution >= 4 is 28.1 Å². The number of pyridine rings is 1. The van der Waals surface area contributed by atoms with Crippen molar-refractivity contribution in [3.63, 3.8) is 0 Å². The van der Waals surface area contributed by atoms with Crippen molar-refractivity contribution in [1.29, 1.82) is 0 Å². The zero-order valence-electron chi connectivity index (χ0n) is 16.5. The number of ether oxygens (including phenoxy) is 1. The minimum Gasteiger partial charge on any atom is -0.489 e. The summed E-state index contributed by atoms with van der Waals surface area (Å²) in [5.41, 5.74) is 3.64. The first kappa shape index (κ1) is 18.8. The summed E-state index contributed by atoms with van der Waals surface area (Å²) >= 11 is 1.67. The van der Waals surface area contributed by atoms with Gasteiger partial charge in [0.25, 0.3) is 5.91 Å². The highest BCUT2D eigenvalue weighted by molar-refractivity contribution is 7.07. The summed E-state index contributed by atoms with van der Waals surface area (Å²) in [6.45, 7) is 1.16. The van der Waals surface area contributed by atoms with Gasteiger partial charge in [-0.15, -0.1) is 0 Å². The van der Waals surface area contributed by atoms with Crippen molar-refractivity contribution in [3.05, 3.63) is 94.3 Å². The van der Waals surface area contributed by atoms with E-state index in [0.717, 1.165) is 35.1 Å². The molecule has 0 saturated heterocycles. The number of benzene rings is 2. The molecule has 2 aromatic carbocycles. The van der Waals surface area contributed by atoms with Crippen LogP contribution in [-0.4, -0.2) is 21.8 Å². The van der Waals surface area contributed by atoms with Crippen LogP contribution in [0.2, 0.25) is 0 Å². The highest BCUT2D eigenvalue weighted by atomic mass is 32.1. The molecule has 0 N–H and O–H groups in total. The minimum absolute atomic E-state index is 0.000961. The van der Waals surface area contributed by atoms with Gasteiger partial charge < -0.3 is 9.64 Å². The van der Waals surface area contributed by atoms with Crippen LogP contribution >= 0.6 is 11.3 Å². The largest absolute Gasteiger partial charge is 0.489 e. The summed E-state index contributed by atoms with van der Waals surface area (Å²) in [7, 11) is 0. The van der Waals surface area contributed by atoms with Gasteiger partial charge in [0.1, 0.15) is 18.1 Å². The fourth-order valence-electron chi connectivity index (χ4n) is 3.51. The number of rotatable bonds is 7. The van der Waals surface area contributed by atoms with E-state index in [9.17, 15) is 4.79 Å². The molecule has 1 aliphatic carbocycles. The summed E-state index contributed by atoms with van der Waals surface area (Å²) in [6, 6.07) is 22.1. The Morgan fingerprint density at radius 3 is 2.60 bits per heavy atom. The van der Waals surface area contributed by atoms with Crippen LogP contribution in [0.3, 0.4) is 0 Å². The third-order valence-corrected chi connectivity index (χ3v) is 6.06. The third-order valence-electron chi connectivity index (χ3n) is 5.33. The Morgan fingerprint density at radius 2 is 1.83 bits per heavy atom. The zero-order chi connectivity index (χ0) is 20.3. The molecule has 2 aromatic heterocycles. The SMILES string of the molecule is O=C(c1ccc2ccccc2n1)N(Cc1ccc(OCc2ccsc2)cc1)C1CC1. The van der Waals surface area contributed by atoms with E-state index in [4.69, 9.17) is 4.74 Å². The molecule has 0 spiro atoms. The Labute approximate surface area is 179 Å². The van der Waals surface area contributed by atoms with Gasteiger partial charge in [0.2, 0.25) is 0 Å². The van der Waals surface area contributed by atoms with Gasteiger partial charge in [-0.2, -0.15) is 11.3 Å². The second-order valence-corrected chi connectivity index (χ2v) is 8.40. The van der Waals surface area contributed by atoms with E-state index in [-0.39, 0.29) is 5.91 Å². The van der Waals surface area contributed by atoms with Crippen molar-refractivity contribution in [3.8, 4) is 5.75 Å². The Balaban J connectivity index is 1.29. The van der Waals surface area contributed by atoms with Crippen LogP contribution in [0.5, 0.6) is 5.75 Å². The molecule has 1 aliphatic rings. The fraction of sp³-hybridized carbons (Fsp3) is 0.200. The van der Waals surface area contributed by atoms with Crippen LogP contribution in [0.1, 0.15) is 34.5 Å². The fourth-order valence-corrected chi connectivity index (χ4v) is 4.17. The van der Waals surface area contributed by atoms with Gasteiger partial charge in [0, 0.05) is 18.0 Å². The van der Waals surface area contributed by atoms with Crippen molar-refractivity contribution in [2.45, 2.75) is 32.0 Å². The normalized spacial score (nSPS) is 13.3. The third kappa shape index (κ3) is 4.21. The number of carbonyl (C=O) groups is 1. The summed E-state index contributed by atoms with van der Waals surface area (Å²) in [4.78, 5) is 19.8. The molecule has 1 saturated carbocycles. The lowest BCUT2D eigenvalue weighted by Crippen LogP contribution is -2.33. The van der Waals surface area contributed by atoms with E-state index in [2.05, 4.69) is 21.8 Å². The Bertz CT molecular complexity index is 1150. The average Bonchev–Trinajstić information content (AvgIpc) is 3.50. The van der Waals surface area contributed by atoms with E-state index < -0.39 is 0 Å². The zero-order valence-corrected chi connectivity index (χ0v) is 17.3. The second kappa shape index (κ2) is 8.28.